The van der Waals surface area contributed by atoms with Crippen molar-refractivity contribution in [1.82, 2.24) is 4.90 Å². The van der Waals surface area contributed by atoms with Gasteiger partial charge in [0, 0.05) is 18.0 Å². The number of carbonyl (C=O) groups is 3. The number of likely N-dealkylation sites (N-methyl/N-ethyl adjacent to an activating group) is 1. The quantitative estimate of drug-likeness (QED) is 0.481. The largest absolute Gasteiger partial charge is 0.497 e. The van der Waals surface area contributed by atoms with Gasteiger partial charge in [-0.15, -0.1) is 11.3 Å². The molecular formula is C24H28N2O5S. The van der Waals surface area contributed by atoms with Gasteiger partial charge in [0.1, 0.15) is 10.8 Å². The van der Waals surface area contributed by atoms with Crippen molar-refractivity contribution in [1.29, 1.82) is 0 Å². The molecule has 1 aliphatic carbocycles. The second kappa shape index (κ2) is 10.9. The van der Waals surface area contributed by atoms with Crippen LogP contribution in [0.5, 0.6) is 5.75 Å². The zero-order valence-corrected chi connectivity index (χ0v) is 19.4. The SMILES string of the molecule is CCOC(=O)c1c(NC(=O)CN(C)C(=O)/C=C/c2cccc(OC)c2)sc2c1CCCC2. The van der Waals surface area contributed by atoms with Crippen LogP contribution in [0.25, 0.3) is 6.08 Å². The summed E-state index contributed by atoms with van der Waals surface area (Å²) in [5, 5.41) is 3.33. The van der Waals surface area contributed by atoms with Crippen molar-refractivity contribution in [2.75, 3.05) is 32.6 Å². The van der Waals surface area contributed by atoms with E-state index in [0.29, 0.717) is 16.3 Å². The molecule has 0 bridgehead atoms. The molecule has 170 valence electrons. The molecule has 1 aliphatic rings. The number of hydrogen-bond acceptors (Lipinski definition) is 6. The summed E-state index contributed by atoms with van der Waals surface area (Å²) >= 11 is 1.43. The van der Waals surface area contributed by atoms with Crippen molar-refractivity contribution < 1.29 is 23.9 Å². The van der Waals surface area contributed by atoms with Gasteiger partial charge in [-0.3, -0.25) is 9.59 Å². The molecule has 0 spiro atoms. The summed E-state index contributed by atoms with van der Waals surface area (Å²) < 4.78 is 10.4. The smallest absolute Gasteiger partial charge is 0.341 e. The first-order valence-electron chi connectivity index (χ1n) is 10.6. The van der Waals surface area contributed by atoms with Gasteiger partial charge < -0.3 is 19.7 Å². The van der Waals surface area contributed by atoms with Crippen LogP contribution < -0.4 is 10.1 Å². The first-order valence-corrected chi connectivity index (χ1v) is 11.4. The van der Waals surface area contributed by atoms with Crippen molar-refractivity contribution in [3.63, 3.8) is 0 Å². The lowest BCUT2D eigenvalue weighted by Gasteiger charge is -2.15. The Labute approximate surface area is 192 Å². The van der Waals surface area contributed by atoms with Crippen LogP contribution in [-0.4, -0.2) is 50.0 Å². The molecule has 0 fully saturated rings. The van der Waals surface area contributed by atoms with Crippen LogP contribution in [0.1, 0.15) is 46.1 Å². The molecule has 2 aromatic rings. The van der Waals surface area contributed by atoms with E-state index in [-0.39, 0.29) is 25.0 Å². The molecule has 8 heteroatoms. The molecule has 32 heavy (non-hydrogen) atoms. The number of amides is 2. The second-order valence-corrected chi connectivity index (χ2v) is 8.59. The predicted octanol–water partition coefficient (Wildman–Crippen LogP) is 3.92. The molecule has 1 N–H and O–H groups in total. The van der Waals surface area contributed by atoms with E-state index in [1.807, 2.05) is 24.3 Å². The Hall–Kier alpha value is -3.13. The normalized spacial score (nSPS) is 12.8. The molecule has 2 amide bonds. The number of nitrogens with zero attached hydrogens (tertiary/aromatic N) is 1. The molecule has 1 aromatic carbocycles. The van der Waals surface area contributed by atoms with Gasteiger partial charge in [0.05, 0.1) is 25.8 Å². The minimum absolute atomic E-state index is 0.133. The number of anilines is 1. The highest BCUT2D eigenvalue weighted by Gasteiger charge is 2.27. The molecular weight excluding hydrogens is 428 g/mol. The number of hydrogen-bond donors (Lipinski definition) is 1. The minimum Gasteiger partial charge on any atom is -0.497 e. The fourth-order valence-electron chi connectivity index (χ4n) is 3.57. The number of carbonyl (C=O) groups excluding carboxylic acids is 3. The van der Waals surface area contributed by atoms with Crippen molar-refractivity contribution in [3.8, 4) is 5.75 Å². The highest BCUT2D eigenvalue weighted by atomic mass is 32.1. The van der Waals surface area contributed by atoms with E-state index in [2.05, 4.69) is 5.32 Å². The Kier molecular flexibility index (Phi) is 8.05. The Balaban J connectivity index is 1.66. The fraction of sp³-hybridized carbons (Fsp3) is 0.375. The number of rotatable bonds is 8. The van der Waals surface area contributed by atoms with E-state index in [1.165, 1.54) is 22.3 Å². The average Bonchev–Trinajstić information content (AvgIpc) is 3.15. The molecule has 1 aromatic heterocycles. The van der Waals surface area contributed by atoms with Crippen LogP contribution in [0, 0.1) is 0 Å². The molecule has 0 saturated heterocycles. The van der Waals surface area contributed by atoms with Crippen LogP contribution in [0.3, 0.4) is 0 Å². The second-order valence-electron chi connectivity index (χ2n) is 7.49. The monoisotopic (exact) mass is 456 g/mol. The maximum absolute atomic E-state index is 12.6. The summed E-state index contributed by atoms with van der Waals surface area (Å²) in [6.45, 7) is 1.90. The van der Waals surface area contributed by atoms with Crippen molar-refractivity contribution in [2.45, 2.75) is 32.6 Å². The zero-order chi connectivity index (χ0) is 23.1. The van der Waals surface area contributed by atoms with Crippen LogP contribution in [0.2, 0.25) is 0 Å². The Bertz CT molecular complexity index is 1030. The number of aryl methyl sites for hydroxylation is 1. The van der Waals surface area contributed by atoms with Gasteiger partial charge in [-0.2, -0.15) is 0 Å². The topological polar surface area (TPSA) is 84.9 Å². The fourth-order valence-corrected chi connectivity index (χ4v) is 4.87. The number of nitrogens with one attached hydrogen (secondary N) is 1. The maximum Gasteiger partial charge on any atom is 0.341 e. The summed E-state index contributed by atoms with van der Waals surface area (Å²) in [5.41, 5.74) is 2.27. The number of fused-ring (bicyclic) bond motifs is 1. The number of ether oxygens (including phenoxy) is 2. The van der Waals surface area contributed by atoms with E-state index in [4.69, 9.17) is 9.47 Å². The highest BCUT2D eigenvalue weighted by Crippen LogP contribution is 2.38. The Morgan fingerprint density at radius 2 is 2.00 bits per heavy atom. The van der Waals surface area contributed by atoms with E-state index in [0.717, 1.165) is 41.7 Å². The number of thiophene rings is 1. The van der Waals surface area contributed by atoms with E-state index in [1.54, 1.807) is 27.2 Å². The van der Waals surface area contributed by atoms with Crippen molar-refractivity contribution in [2.24, 2.45) is 0 Å². The first kappa shape index (κ1) is 23.5. The molecule has 7 nitrogen and oxygen atoms in total. The van der Waals surface area contributed by atoms with Crippen molar-refractivity contribution >= 4 is 40.2 Å². The summed E-state index contributed by atoms with van der Waals surface area (Å²) in [7, 11) is 3.14. The first-order chi connectivity index (χ1) is 15.4. The van der Waals surface area contributed by atoms with Gasteiger partial charge in [0.2, 0.25) is 11.8 Å². The lowest BCUT2D eigenvalue weighted by atomic mass is 9.95. The number of benzene rings is 1. The summed E-state index contributed by atoms with van der Waals surface area (Å²) in [4.78, 5) is 40.0. The van der Waals surface area contributed by atoms with Gasteiger partial charge in [-0.1, -0.05) is 12.1 Å². The van der Waals surface area contributed by atoms with Crippen molar-refractivity contribution in [3.05, 3.63) is 51.9 Å². The summed E-state index contributed by atoms with van der Waals surface area (Å²) in [6.07, 6.45) is 6.88. The Morgan fingerprint density at radius 1 is 1.22 bits per heavy atom. The summed E-state index contributed by atoms with van der Waals surface area (Å²) in [6, 6.07) is 7.32. The molecule has 0 radical (unpaired) electrons. The lowest BCUT2D eigenvalue weighted by molar-refractivity contribution is -0.129. The summed E-state index contributed by atoms with van der Waals surface area (Å²) in [5.74, 6) is -0.380. The van der Waals surface area contributed by atoms with E-state index < -0.39 is 5.97 Å². The van der Waals surface area contributed by atoms with E-state index >= 15 is 0 Å². The van der Waals surface area contributed by atoms with Gasteiger partial charge >= 0.3 is 5.97 Å². The average molecular weight is 457 g/mol. The van der Waals surface area contributed by atoms with Crippen LogP contribution in [0.4, 0.5) is 5.00 Å². The van der Waals surface area contributed by atoms with Gasteiger partial charge in [0.15, 0.2) is 0 Å². The van der Waals surface area contributed by atoms with Crippen LogP contribution >= 0.6 is 11.3 Å². The van der Waals surface area contributed by atoms with Gasteiger partial charge in [-0.25, -0.2) is 4.79 Å². The molecule has 0 aliphatic heterocycles. The van der Waals surface area contributed by atoms with Crippen LogP contribution in [0.15, 0.2) is 30.3 Å². The lowest BCUT2D eigenvalue weighted by Crippen LogP contribution is -2.34. The molecule has 3 rings (SSSR count). The predicted molar refractivity (Wildman–Crippen MR) is 125 cm³/mol. The standard InChI is InChI=1S/C24H28N2O5S/c1-4-31-24(29)22-18-10-5-6-11-19(18)32-23(22)25-20(27)15-26(2)21(28)13-12-16-8-7-9-17(14-16)30-3/h7-9,12-14H,4-6,10-11,15H2,1-3H3,(H,25,27)/b13-12+. The molecule has 0 saturated carbocycles. The molecule has 1 heterocycles. The third-order valence-corrected chi connectivity index (χ3v) is 6.38. The van der Waals surface area contributed by atoms with Gasteiger partial charge in [-0.05, 0) is 61.9 Å². The third-order valence-electron chi connectivity index (χ3n) is 5.17. The van der Waals surface area contributed by atoms with E-state index in [9.17, 15) is 14.4 Å². The Morgan fingerprint density at radius 3 is 2.75 bits per heavy atom. The van der Waals surface area contributed by atoms with Gasteiger partial charge in [0.25, 0.3) is 0 Å². The molecule has 0 unspecified atom stereocenters. The zero-order valence-electron chi connectivity index (χ0n) is 18.6. The van der Waals surface area contributed by atoms with Crippen LogP contribution in [-0.2, 0) is 27.2 Å². The minimum atomic E-state index is -0.409. The number of esters is 1. The molecule has 0 atom stereocenters. The maximum atomic E-state index is 12.6. The highest BCUT2D eigenvalue weighted by molar-refractivity contribution is 7.17. The third kappa shape index (κ3) is 5.76. The number of methoxy groups -OCH3 is 1.